The van der Waals surface area contributed by atoms with Crippen LogP contribution in [0, 0.1) is 0 Å². The zero-order valence-corrected chi connectivity index (χ0v) is 18.3. The van der Waals surface area contributed by atoms with Crippen LogP contribution in [0.5, 0.6) is 5.75 Å². The first kappa shape index (κ1) is 22.3. The summed E-state index contributed by atoms with van der Waals surface area (Å²) in [7, 11) is -3.26. The zero-order valence-electron chi connectivity index (χ0n) is 17.4. The summed E-state index contributed by atoms with van der Waals surface area (Å²) in [5.41, 5.74) is 1.41. The number of likely N-dealkylation sites (tertiary alicyclic amines) is 1. The number of benzene rings is 2. The highest BCUT2D eigenvalue weighted by Gasteiger charge is 2.26. The zero-order chi connectivity index (χ0) is 22.7. The maximum Gasteiger partial charge on any atom is 0.387 e. The second kappa shape index (κ2) is 9.33. The number of ether oxygens (including phenoxy) is 1. The number of piperidine rings is 1. The Labute approximate surface area is 184 Å². The molecule has 0 N–H and O–H groups in total. The van der Waals surface area contributed by atoms with E-state index in [0.717, 1.165) is 37.8 Å². The van der Waals surface area contributed by atoms with Crippen LogP contribution in [0.2, 0.25) is 0 Å². The number of para-hydroxylation sites is 1. The Kier molecular flexibility index (Phi) is 6.52. The van der Waals surface area contributed by atoms with Gasteiger partial charge in [0.2, 0.25) is 11.7 Å². The molecule has 170 valence electrons. The minimum Gasteiger partial charge on any atom is -0.434 e. The smallest absolute Gasteiger partial charge is 0.387 e. The van der Waals surface area contributed by atoms with E-state index in [4.69, 9.17) is 4.52 Å². The van der Waals surface area contributed by atoms with Crippen LogP contribution in [-0.2, 0) is 16.4 Å². The van der Waals surface area contributed by atoms with Crippen LogP contribution in [-0.4, -0.2) is 49.4 Å². The van der Waals surface area contributed by atoms with Crippen LogP contribution in [0.25, 0.3) is 11.4 Å². The fourth-order valence-corrected chi connectivity index (χ4v) is 4.42. The summed E-state index contributed by atoms with van der Waals surface area (Å²) in [4.78, 5) is 6.92. The van der Waals surface area contributed by atoms with Crippen LogP contribution < -0.4 is 4.74 Å². The van der Waals surface area contributed by atoms with Crippen LogP contribution >= 0.6 is 0 Å². The van der Waals surface area contributed by atoms with Crippen molar-refractivity contribution < 1.29 is 26.5 Å². The first-order valence-electron chi connectivity index (χ1n) is 10.2. The van der Waals surface area contributed by atoms with E-state index in [1.807, 2.05) is 6.07 Å². The van der Waals surface area contributed by atoms with Crippen molar-refractivity contribution in [1.82, 2.24) is 15.0 Å². The number of halogens is 2. The number of hydrogen-bond acceptors (Lipinski definition) is 7. The van der Waals surface area contributed by atoms with Gasteiger partial charge in [-0.25, -0.2) is 8.42 Å². The number of nitrogens with zero attached hydrogens (tertiary/aromatic N) is 3. The molecule has 4 rings (SSSR count). The molecule has 1 aliphatic heterocycles. The van der Waals surface area contributed by atoms with Crippen molar-refractivity contribution in [3.8, 4) is 17.1 Å². The Morgan fingerprint density at radius 1 is 1.12 bits per heavy atom. The molecule has 10 heteroatoms. The normalized spacial score (nSPS) is 15.9. The van der Waals surface area contributed by atoms with Gasteiger partial charge in [-0.1, -0.05) is 23.4 Å². The first-order chi connectivity index (χ1) is 15.3. The molecule has 1 aromatic heterocycles. The van der Waals surface area contributed by atoms with Crippen LogP contribution in [0.3, 0.4) is 0 Å². The molecule has 1 saturated heterocycles. The van der Waals surface area contributed by atoms with Gasteiger partial charge in [0.1, 0.15) is 5.75 Å². The summed E-state index contributed by atoms with van der Waals surface area (Å²) in [6.45, 7) is -0.809. The minimum atomic E-state index is -3.26. The van der Waals surface area contributed by atoms with Crippen LogP contribution in [0.4, 0.5) is 8.78 Å². The number of hydrogen-bond donors (Lipinski definition) is 0. The van der Waals surface area contributed by atoms with Gasteiger partial charge in [0, 0.05) is 29.8 Å². The van der Waals surface area contributed by atoms with Crippen molar-refractivity contribution >= 4 is 9.84 Å². The summed E-state index contributed by atoms with van der Waals surface area (Å²) in [6.07, 6.45) is 2.75. The van der Waals surface area contributed by atoms with Crippen molar-refractivity contribution in [2.75, 3.05) is 19.3 Å². The summed E-state index contributed by atoms with van der Waals surface area (Å²) < 4.78 is 58.6. The minimum absolute atomic E-state index is 0.107. The molecule has 0 atom stereocenters. The second-order valence-corrected chi connectivity index (χ2v) is 9.81. The lowest BCUT2D eigenvalue weighted by atomic mass is 9.96. The molecule has 0 bridgehead atoms. The van der Waals surface area contributed by atoms with Crippen molar-refractivity contribution in [2.45, 2.75) is 36.8 Å². The topological polar surface area (TPSA) is 85.5 Å². The molecular formula is C22H23F2N3O4S. The second-order valence-electron chi connectivity index (χ2n) is 7.79. The molecule has 0 spiro atoms. The molecule has 0 saturated carbocycles. The SMILES string of the molecule is CS(=O)(=O)c1ccc(-c2noc(C3CCN(Cc4ccccc4OC(F)F)CC3)n2)cc1. The Bertz CT molecular complexity index is 1160. The predicted molar refractivity (Wildman–Crippen MR) is 113 cm³/mol. The van der Waals surface area contributed by atoms with E-state index in [1.165, 1.54) is 12.1 Å². The average molecular weight is 464 g/mol. The maximum atomic E-state index is 12.6. The van der Waals surface area contributed by atoms with Gasteiger partial charge >= 0.3 is 6.61 Å². The monoisotopic (exact) mass is 463 g/mol. The molecule has 1 fully saturated rings. The Morgan fingerprint density at radius 3 is 2.47 bits per heavy atom. The average Bonchev–Trinajstić information content (AvgIpc) is 3.25. The van der Waals surface area contributed by atoms with Gasteiger partial charge in [0.25, 0.3) is 0 Å². The van der Waals surface area contributed by atoms with E-state index in [1.54, 1.807) is 30.3 Å². The summed E-state index contributed by atoms with van der Waals surface area (Å²) >= 11 is 0. The first-order valence-corrected chi connectivity index (χ1v) is 12.1. The lowest BCUT2D eigenvalue weighted by Crippen LogP contribution is -2.32. The van der Waals surface area contributed by atoms with Gasteiger partial charge in [-0.3, -0.25) is 4.90 Å². The van der Waals surface area contributed by atoms with Gasteiger partial charge in [-0.05, 0) is 56.3 Å². The molecular weight excluding hydrogens is 440 g/mol. The Balaban J connectivity index is 1.37. The molecule has 2 aromatic carbocycles. The lowest BCUT2D eigenvalue weighted by molar-refractivity contribution is -0.0508. The van der Waals surface area contributed by atoms with Crippen molar-refractivity contribution in [3.63, 3.8) is 0 Å². The molecule has 0 amide bonds. The van der Waals surface area contributed by atoms with E-state index in [0.29, 0.717) is 23.8 Å². The highest BCUT2D eigenvalue weighted by Crippen LogP contribution is 2.30. The standard InChI is InChI=1S/C22H23F2N3O4S/c1-32(28,29)18-8-6-15(7-9-18)20-25-21(31-26-20)16-10-12-27(13-11-16)14-17-4-2-3-5-19(17)30-22(23)24/h2-9,16,22H,10-14H2,1H3. The number of alkyl halides is 2. The quantitative estimate of drug-likeness (QED) is 0.521. The van der Waals surface area contributed by atoms with Crippen molar-refractivity contribution in [2.24, 2.45) is 0 Å². The van der Waals surface area contributed by atoms with Gasteiger partial charge < -0.3 is 9.26 Å². The van der Waals surface area contributed by atoms with E-state index >= 15 is 0 Å². The third kappa shape index (κ3) is 5.31. The van der Waals surface area contributed by atoms with Gasteiger partial charge in [0.05, 0.1) is 4.90 Å². The number of sulfone groups is 1. The Morgan fingerprint density at radius 2 is 1.81 bits per heavy atom. The highest BCUT2D eigenvalue weighted by atomic mass is 32.2. The van der Waals surface area contributed by atoms with E-state index in [2.05, 4.69) is 19.8 Å². The highest BCUT2D eigenvalue weighted by molar-refractivity contribution is 7.90. The third-order valence-electron chi connectivity index (χ3n) is 5.50. The lowest BCUT2D eigenvalue weighted by Gasteiger charge is -2.30. The van der Waals surface area contributed by atoms with E-state index < -0.39 is 16.4 Å². The largest absolute Gasteiger partial charge is 0.434 e. The van der Waals surface area contributed by atoms with Crippen LogP contribution in [0.15, 0.2) is 57.9 Å². The molecule has 0 radical (unpaired) electrons. The molecule has 0 unspecified atom stereocenters. The molecule has 32 heavy (non-hydrogen) atoms. The molecule has 2 heterocycles. The van der Waals surface area contributed by atoms with Gasteiger partial charge in [-0.15, -0.1) is 0 Å². The van der Waals surface area contributed by atoms with E-state index in [-0.39, 0.29) is 16.6 Å². The molecule has 7 nitrogen and oxygen atoms in total. The van der Waals surface area contributed by atoms with E-state index in [9.17, 15) is 17.2 Å². The third-order valence-corrected chi connectivity index (χ3v) is 6.63. The number of rotatable bonds is 7. The fraction of sp³-hybridized carbons (Fsp3) is 0.364. The predicted octanol–water partition coefficient (Wildman–Crippen LogP) is 4.12. The van der Waals surface area contributed by atoms with Crippen LogP contribution in [0.1, 0.15) is 30.2 Å². The number of aromatic nitrogens is 2. The fourth-order valence-electron chi connectivity index (χ4n) is 3.79. The molecule has 3 aromatic rings. The molecule has 0 aliphatic carbocycles. The maximum absolute atomic E-state index is 12.6. The van der Waals surface area contributed by atoms with Crippen molar-refractivity contribution in [1.29, 1.82) is 0 Å². The summed E-state index contributed by atoms with van der Waals surface area (Å²) in [5.74, 6) is 1.28. The Hall–Kier alpha value is -2.85. The van der Waals surface area contributed by atoms with Crippen molar-refractivity contribution in [3.05, 3.63) is 60.0 Å². The summed E-state index contributed by atoms with van der Waals surface area (Å²) in [6, 6.07) is 13.2. The van der Waals surface area contributed by atoms with Gasteiger partial charge in [-0.2, -0.15) is 13.8 Å². The van der Waals surface area contributed by atoms with Gasteiger partial charge in [0.15, 0.2) is 9.84 Å². The summed E-state index contributed by atoms with van der Waals surface area (Å²) in [5, 5.41) is 4.04. The molecule has 1 aliphatic rings.